The van der Waals surface area contributed by atoms with Gasteiger partial charge in [0, 0.05) is 25.2 Å². The van der Waals surface area contributed by atoms with Crippen molar-refractivity contribution in [2.24, 2.45) is 0 Å². The Morgan fingerprint density at radius 2 is 2.15 bits per heavy atom. The van der Waals surface area contributed by atoms with Crippen molar-refractivity contribution in [2.45, 2.75) is 6.04 Å². The zero-order chi connectivity index (χ0) is 18.8. The summed E-state index contributed by atoms with van der Waals surface area (Å²) in [7, 11) is 1.59. The van der Waals surface area contributed by atoms with Gasteiger partial charge in [0.2, 0.25) is 0 Å². The molecule has 2 heterocycles. The summed E-state index contributed by atoms with van der Waals surface area (Å²) >= 11 is 0. The molecular formula is C21H21FN2O3. The molecule has 0 spiro atoms. The minimum Gasteiger partial charge on any atom is -0.493 e. The summed E-state index contributed by atoms with van der Waals surface area (Å²) in [4.78, 5) is 15.0. The minimum atomic E-state index is -0.299. The van der Waals surface area contributed by atoms with Crippen LogP contribution in [0, 0.1) is 5.82 Å². The molecule has 0 saturated carbocycles. The summed E-state index contributed by atoms with van der Waals surface area (Å²) in [5.74, 6) is 0.916. The van der Waals surface area contributed by atoms with Gasteiger partial charge in [0.05, 0.1) is 18.7 Å². The van der Waals surface area contributed by atoms with Gasteiger partial charge in [-0.05, 0) is 29.8 Å². The van der Waals surface area contributed by atoms with E-state index in [1.54, 1.807) is 18.1 Å². The van der Waals surface area contributed by atoms with Crippen LogP contribution in [0.1, 0.15) is 17.2 Å². The lowest BCUT2D eigenvalue weighted by Gasteiger charge is -2.37. The molecule has 6 heteroatoms. The zero-order valence-electron chi connectivity index (χ0n) is 15.1. The first kappa shape index (κ1) is 17.5. The summed E-state index contributed by atoms with van der Waals surface area (Å²) in [6.45, 7) is 2.04. The number of halogens is 1. The number of amides is 1. The second-order valence-corrected chi connectivity index (χ2v) is 6.61. The van der Waals surface area contributed by atoms with E-state index in [0.29, 0.717) is 36.7 Å². The van der Waals surface area contributed by atoms with Gasteiger partial charge in [-0.2, -0.15) is 0 Å². The highest BCUT2D eigenvalue weighted by molar-refractivity contribution is 5.99. The Bertz CT molecular complexity index is 897. The summed E-state index contributed by atoms with van der Waals surface area (Å²) in [5, 5.41) is 3.29. The van der Waals surface area contributed by atoms with Crippen molar-refractivity contribution in [1.29, 1.82) is 0 Å². The van der Waals surface area contributed by atoms with Crippen LogP contribution in [-0.4, -0.2) is 44.2 Å². The molecule has 1 amide bonds. The normalized spacial score (nSPS) is 19.0. The maximum absolute atomic E-state index is 13.7. The van der Waals surface area contributed by atoms with E-state index in [4.69, 9.17) is 9.47 Å². The van der Waals surface area contributed by atoms with Crippen molar-refractivity contribution in [3.63, 3.8) is 0 Å². The van der Waals surface area contributed by atoms with Crippen LogP contribution in [0.2, 0.25) is 0 Å². The smallest absolute Gasteiger partial charge is 0.253 e. The van der Waals surface area contributed by atoms with Crippen LogP contribution in [0.15, 0.2) is 48.0 Å². The Hall–Kier alpha value is -2.86. The quantitative estimate of drug-likeness (QED) is 0.905. The summed E-state index contributed by atoms with van der Waals surface area (Å²) in [6, 6.07) is 11.8. The highest BCUT2D eigenvalue weighted by atomic mass is 19.1. The lowest BCUT2D eigenvalue weighted by molar-refractivity contribution is -0.130. The molecule has 0 aromatic heterocycles. The first-order valence-electron chi connectivity index (χ1n) is 8.95. The average Bonchev–Trinajstić information content (AvgIpc) is 2.72. The van der Waals surface area contributed by atoms with Gasteiger partial charge >= 0.3 is 0 Å². The number of nitrogens with one attached hydrogen (secondary N) is 1. The van der Waals surface area contributed by atoms with E-state index in [1.165, 1.54) is 12.1 Å². The lowest BCUT2D eigenvalue weighted by Crippen LogP contribution is -2.49. The lowest BCUT2D eigenvalue weighted by atomic mass is 10.0. The van der Waals surface area contributed by atoms with E-state index < -0.39 is 0 Å². The molecule has 0 radical (unpaired) electrons. The van der Waals surface area contributed by atoms with Crippen molar-refractivity contribution >= 4 is 12.0 Å². The van der Waals surface area contributed by atoms with E-state index in [-0.39, 0.29) is 24.4 Å². The monoisotopic (exact) mass is 368 g/mol. The zero-order valence-corrected chi connectivity index (χ0v) is 15.1. The number of ether oxygens (including phenoxy) is 2. The van der Waals surface area contributed by atoms with Gasteiger partial charge in [-0.1, -0.05) is 24.3 Å². The number of hydrogen-bond donors (Lipinski definition) is 1. The molecule has 2 aliphatic rings. The van der Waals surface area contributed by atoms with E-state index in [1.807, 2.05) is 30.3 Å². The van der Waals surface area contributed by atoms with Crippen molar-refractivity contribution in [2.75, 3.05) is 33.4 Å². The molecule has 1 unspecified atom stereocenters. The van der Waals surface area contributed by atoms with Gasteiger partial charge in [0.15, 0.2) is 11.5 Å². The second-order valence-electron chi connectivity index (χ2n) is 6.61. The molecule has 140 valence electrons. The third-order valence-electron chi connectivity index (χ3n) is 4.94. The van der Waals surface area contributed by atoms with Crippen molar-refractivity contribution < 1.29 is 18.7 Å². The first-order valence-corrected chi connectivity index (χ1v) is 8.95. The van der Waals surface area contributed by atoms with Crippen LogP contribution in [0.5, 0.6) is 11.5 Å². The van der Waals surface area contributed by atoms with E-state index in [2.05, 4.69) is 5.32 Å². The van der Waals surface area contributed by atoms with Crippen LogP contribution in [-0.2, 0) is 4.79 Å². The number of hydrogen-bond acceptors (Lipinski definition) is 4. The predicted molar refractivity (Wildman–Crippen MR) is 100 cm³/mol. The molecule has 27 heavy (non-hydrogen) atoms. The number of carbonyl (C=O) groups is 1. The standard InChI is InChI=1S/C21H21FN2O3/c1-26-19-7-3-5-15-10-16(13-27-20(15)19)21(25)24-9-8-23-12-18(24)14-4-2-6-17(22)11-14/h2-7,10-11,18,23H,8-9,12-13H2,1H3. The fraction of sp³-hybridized carbons (Fsp3) is 0.286. The Morgan fingerprint density at radius 3 is 2.96 bits per heavy atom. The minimum absolute atomic E-state index is 0.0840. The van der Waals surface area contributed by atoms with Gasteiger partial charge in [0.1, 0.15) is 12.4 Å². The molecule has 1 atom stereocenters. The number of benzene rings is 2. The van der Waals surface area contributed by atoms with Crippen LogP contribution in [0.4, 0.5) is 4.39 Å². The molecule has 0 aliphatic carbocycles. The van der Waals surface area contributed by atoms with Crippen LogP contribution >= 0.6 is 0 Å². The van der Waals surface area contributed by atoms with E-state index in [0.717, 1.165) is 11.1 Å². The average molecular weight is 368 g/mol. The topological polar surface area (TPSA) is 50.8 Å². The van der Waals surface area contributed by atoms with Gasteiger partial charge in [-0.3, -0.25) is 4.79 Å². The SMILES string of the molecule is COc1cccc2c1OCC(C(=O)N1CCNCC1c1cccc(F)c1)=C2. The number of piperazine rings is 1. The van der Waals surface area contributed by atoms with Crippen LogP contribution < -0.4 is 14.8 Å². The van der Waals surface area contributed by atoms with Crippen molar-refractivity contribution in [1.82, 2.24) is 10.2 Å². The maximum Gasteiger partial charge on any atom is 0.253 e. The molecule has 1 fully saturated rings. The predicted octanol–water partition coefficient (Wildman–Crippen LogP) is 2.78. The summed E-state index contributed by atoms with van der Waals surface area (Å²) < 4.78 is 24.8. The number of carbonyl (C=O) groups excluding carboxylic acids is 1. The fourth-order valence-corrected chi connectivity index (χ4v) is 3.61. The Labute approximate surface area is 157 Å². The van der Waals surface area contributed by atoms with Crippen LogP contribution in [0.3, 0.4) is 0 Å². The second kappa shape index (κ2) is 7.40. The Kier molecular flexibility index (Phi) is 4.81. The highest BCUT2D eigenvalue weighted by Crippen LogP contribution is 2.36. The number of para-hydroxylation sites is 1. The molecule has 2 aromatic rings. The number of methoxy groups -OCH3 is 1. The van der Waals surface area contributed by atoms with Crippen molar-refractivity contribution in [3.05, 3.63) is 65.0 Å². The van der Waals surface area contributed by atoms with Gasteiger partial charge in [-0.25, -0.2) is 4.39 Å². The summed E-state index contributed by atoms with van der Waals surface area (Å²) in [6.07, 6.45) is 1.86. The molecule has 1 saturated heterocycles. The Morgan fingerprint density at radius 1 is 1.30 bits per heavy atom. The number of fused-ring (bicyclic) bond motifs is 1. The molecule has 1 N–H and O–H groups in total. The molecule has 5 nitrogen and oxygen atoms in total. The molecule has 2 aromatic carbocycles. The Balaban J connectivity index is 1.63. The fourth-order valence-electron chi connectivity index (χ4n) is 3.61. The van der Waals surface area contributed by atoms with E-state index >= 15 is 0 Å². The molecule has 4 rings (SSSR count). The maximum atomic E-state index is 13.7. The first-order chi connectivity index (χ1) is 13.2. The van der Waals surface area contributed by atoms with Gasteiger partial charge < -0.3 is 19.7 Å². The molecule has 2 aliphatic heterocycles. The molecular weight excluding hydrogens is 347 g/mol. The highest BCUT2D eigenvalue weighted by Gasteiger charge is 2.31. The van der Waals surface area contributed by atoms with Crippen molar-refractivity contribution in [3.8, 4) is 11.5 Å². The summed E-state index contributed by atoms with van der Waals surface area (Å²) in [5.41, 5.74) is 2.19. The number of rotatable bonds is 3. The van der Waals surface area contributed by atoms with Gasteiger partial charge in [0.25, 0.3) is 5.91 Å². The third-order valence-corrected chi connectivity index (χ3v) is 4.94. The van der Waals surface area contributed by atoms with Crippen LogP contribution in [0.25, 0.3) is 6.08 Å². The third kappa shape index (κ3) is 3.40. The van der Waals surface area contributed by atoms with Gasteiger partial charge in [-0.15, -0.1) is 0 Å². The van der Waals surface area contributed by atoms with E-state index in [9.17, 15) is 9.18 Å². The largest absolute Gasteiger partial charge is 0.493 e. The molecule has 0 bridgehead atoms. The number of nitrogens with zero attached hydrogens (tertiary/aromatic N) is 1.